The van der Waals surface area contributed by atoms with Gasteiger partial charge in [-0.05, 0) is 32.1 Å². The van der Waals surface area contributed by atoms with Gasteiger partial charge in [0.05, 0.1) is 12.5 Å². The number of likely N-dealkylation sites (N-methyl/N-ethyl adjacent to an activating group) is 1. The molecule has 0 saturated carbocycles. The molecule has 1 heterocycles. The van der Waals surface area contributed by atoms with Crippen LogP contribution in [0.4, 0.5) is 0 Å². The number of allylic oxidation sites excluding steroid dienone is 2. The second-order valence-electron chi connectivity index (χ2n) is 5.84. The Morgan fingerprint density at radius 1 is 1.45 bits per heavy atom. The highest BCUT2D eigenvalue weighted by atomic mass is 16.4. The summed E-state index contributed by atoms with van der Waals surface area (Å²) in [5.74, 6) is -0.887. The number of nitrogens with zero attached hydrogens (tertiary/aromatic N) is 2. The van der Waals surface area contributed by atoms with Crippen LogP contribution in [0.2, 0.25) is 0 Å². The van der Waals surface area contributed by atoms with Gasteiger partial charge in [-0.1, -0.05) is 13.0 Å². The van der Waals surface area contributed by atoms with Gasteiger partial charge < -0.3 is 10.0 Å². The van der Waals surface area contributed by atoms with Crippen molar-refractivity contribution in [2.45, 2.75) is 33.1 Å². The van der Waals surface area contributed by atoms with Gasteiger partial charge >= 0.3 is 5.97 Å². The molecule has 0 spiro atoms. The topological polar surface area (TPSA) is 60.9 Å². The van der Waals surface area contributed by atoms with Gasteiger partial charge in [-0.15, -0.1) is 0 Å². The second kappa shape index (κ2) is 6.39. The summed E-state index contributed by atoms with van der Waals surface area (Å²) < 4.78 is 0. The van der Waals surface area contributed by atoms with Crippen LogP contribution in [-0.4, -0.2) is 53.0 Å². The van der Waals surface area contributed by atoms with Gasteiger partial charge in [-0.25, -0.2) is 0 Å². The van der Waals surface area contributed by atoms with Gasteiger partial charge in [0.1, 0.15) is 0 Å². The van der Waals surface area contributed by atoms with Crippen molar-refractivity contribution in [3.05, 3.63) is 11.8 Å². The number of rotatable bonds is 5. The number of carbonyl (C=O) groups is 2. The number of carboxylic acid groups (broad SMARTS) is 1. The van der Waals surface area contributed by atoms with E-state index in [2.05, 4.69) is 6.08 Å². The first-order chi connectivity index (χ1) is 9.52. The van der Waals surface area contributed by atoms with E-state index in [4.69, 9.17) is 5.11 Å². The Morgan fingerprint density at radius 2 is 2.20 bits per heavy atom. The minimum absolute atomic E-state index is 0.0962. The molecule has 0 aromatic carbocycles. The van der Waals surface area contributed by atoms with E-state index >= 15 is 0 Å². The van der Waals surface area contributed by atoms with E-state index in [1.54, 1.807) is 0 Å². The first kappa shape index (κ1) is 15.0. The van der Waals surface area contributed by atoms with Crippen LogP contribution < -0.4 is 0 Å². The number of hydrogen-bond donors (Lipinski definition) is 1. The molecule has 1 fully saturated rings. The van der Waals surface area contributed by atoms with Crippen LogP contribution in [0.3, 0.4) is 0 Å². The lowest BCUT2D eigenvalue weighted by atomic mass is 9.99. The molecule has 2 atom stereocenters. The van der Waals surface area contributed by atoms with Gasteiger partial charge in [0.15, 0.2) is 0 Å². The zero-order chi connectivity index (χ0) is 14.7. The van der Waals surface area contributed by atoms with E-state index in [1.165, 1.54) is 0 Å². The zero-order valence-corrected chi connectivity index (χ0v) is 12.3. The molecular weight excluding hydrogens is 256 g/mol. The van der Waals surface area contributed by atoms with Gasteiger partial charge in [-0.3, -0.25) is 14.5 Å². The number of hydrogen-bond acceptors (Lipinski definition) is 3. The third-order valence-corrected chi connectivity index (χ3v) is 4.35. The molecule has 0 unspecified atom stereocenters. The SMILES string of the molecule is CCN(C(=O)CN1C[C@@H](C)[C@H](C(=O)O)C1)C1=CCCC1. The van der Waals surface area contributed by atoms with Crippen molar-refractivity contribution in [2.75, 3.05) is 26.2 Å². The molecule has 1 saturated heterocycles. The fraction of sp³-hybridized carbons (Fsp3) is 0.733. The van der Waals surface area contributed by atoms with E-state index in [9.17, 15) is 9.59 Å². The lowest BCUT2D eigenvalue weighted by molar-refractivity contribution is -0.142. The van der Waals surface area contributed by atoms with Crippen molar-refractivity contribution < 1.29 is 14.7 Å². The highest BCUT2D eigenvalue weighted by Crippen LogP contribution is 2.25. The monoisotopic (exact) mass is 280 g/mol. The maximum atomic E-state index is 12.4. The summed E-state index contributed by atoms with van der Waals surface area (Å²) in [4.78, 5) is 27.3. The summed E-state index contributed by atoms with van der Waals surface area (Å²) in [6.07, 6.45) is 5.31. The molecule has 1 N–H and O–H groups in total. The van der Waals surface area contributed by atoms with Crippen molar-refractivity contribution >= 4 is 11.9 Å². The Labute approximate surface area is 120 Å². The highest BCUT2D eigenvalue weighted by Gasteiger charge is 2.36. The number of amides is 1. The standard InChI is InChI=1S/C15H24N2O3/c1-3-17(12-6-4-5-7-12)14(18)10-16-8-11(2)13(9-16)15(19)20/h6,11,13H,3-5,7-10H2,1-2H3,(H,19,20)/t11-,13-/m1/s1. The van der Waals surface area contributed by atoms with Crippen molar-refractivity contribution in [1.29, 1.82) is 0 Å². The Morgan fingerprint density at radius 3 is 2.70 bits per heavy atom. The fourth-order valence-electron chi connectivity index (χ4n) is 3.23. The molecule has 0 radical (unpaired) electrons. The third-order valence-electron chi connectivity index (χ3n) is 4.35. The van der Waals surface area contributed by atoms with E-state index in [0.29, 0.717) is 26.2 Å². The maximum absolute atomic E-state index is 12.4. The Bertz CT molecular complexity index is 419. The fourth-order valence-corrected chi connectivity index (χ4v) is 3.23. The smallest absolute Gasteiger partial charge is 0.308 e. The number of aliphatic carboxylic acids is 1. The molecule has 0 bridgehead atoms. The van der Waals surface area contributed by atoms with Gasteiger partial charge in [0.2, 0.25) is 5.91 Å². The molecular formula is C15H24N2O3. The molecule has 20 heavy (non-hydrogen) atoms. The van der Waals surface area contributed by atoms with Crippen molar-refractivity contribution in [1.82, 2.24) is 9.80 Å². The van der Waals surface area contributed by atoms with Gasteiger partial charge in [0.25, 0.3) is 0 Å². The number of carbonyl (C=O) groups excluding carboxylic acids is 1. The summed E-state index contributed by atoms with van der Waals surface area (Å²) >= 11 is 0. The molecule has 112 valence electrons. The first-order valence-electron chi connectivity index (χ1n) is 7.47. The van der Waals surface area contributed by atoms with E-state index in [-0.39, 0.29) is 17.7 Å². The maximum Gasteiger partial charge on any atom is 0.308 e. The van der Waals surface area contributed by atoms with Crippen LogP contribution in [0.15, 0.2) is 11.8 Å². The Balaban J connectivity index is 1.92. The molecule has 5 heteroatoms. The van der Waals surface area contributed by atoms with Gasteiger partial charge in [-0.2, -0.15) is 0 Å². The molecule has 1 aliphatic heterocycles. The molecule has 5 nitrogen and oxygen atoms in total. The molecule has 1 aliphatic carbocycles. The number of carboxylic acids is 1. The Kier molecular flexibility index (Phi) is 4.81. The van der Waals surface area contributed by atoms with E-state index in [0.717, 1.165) is 25.0 Å². The average Bonchev–Trinajstić information content (AvgIpc) is 3.00. The number of likely N-dealkylation sites (tertiary alicyclic amines) is 1. The Hall–Kier alpha value is -1.36. The largest absolute Gasteiger partial charge is 0.481 e. The predicted octanol–water partition coefficient (Wildman–Crippen LogP) is 1.56. The third kappa shape index (κ3) is 3.20. The molecule has 1 amide bonds. The van der Waals surface area contributed by atoms with Crippen molar-refractivity contribution in [3.63, 3.8) is 0 Å². The first-order valence-corrected chi connectivity index (χ1v) is 7.47. The minimum atomic E-state index is -0.752. The van der Waals surface area contributed by atoms with E-state index in [1.807, 2.05) is 23.6 Å². The predicted molar refractivity (Wildman–Crippen MR) is 76.1 cm³/mol. The van der Waals surface area contributed by atoms with Crippen LogP contribution in [-0.2, 0) is 9.59 Å². The van der Waals surface area contributed by atoms with Crippen LogP contribution >= 0.6 is 0 Å². The van der Waals surface area contributed by atoms with Crippen LogP contribution in [0.25, 0.3) is 0 Å². The zero-order valence-electron chi connectivity index (χ0n) is 12.3. The summed E-state index contributed by atoms with van der Waals surface area (Å²) in [7, 11) is 0. The quantitative estimate of drug-likeness (QED) is 0.830. The highest BCUT2D eigenvalue weighted by molar-refractivity contribution is 5.80. The lowest BCUT2D eigenvalue weighted by Crippen LogP contribution is -2.39. The van der Waals surface area contributed by atoms with Crippen LogP contribution in [0.5, 0.6) is 0 Å². The molecule has 2 aliphatic rings. The van der Waals surface area contributed by atoms with Gasteiger partial charge in [0, 0.05) is 25.3 Å². The average molecular weight is 280 g/mol. The summed E-state index contributed by atoms with van der Waals surface area (Å²) in [6.45, 7) is 6.14. The van der Waals surface area contributed by atoms with Crippen molar-refractivity contribution in [3.8, 4) is 0 Å². The molecule has 2 rings (SSSR count). The molecule has 0 aromatic heterocycles. The summed E-state index contributed by atoms with van der Waals surface area (Å²) in [6, 6.07) is 0. The summed E-state index contributed by atoms with van der Waals surface area (Å²) in [5.41, 5.74) is 1.14. The summed E-state index contributed by atoms with van der Waals surface area (Å²) in [5, 5.41) is 9.13. The van der Waals surface area contributed by atoms with Crippen molar-refractivity contribution in [2.24, 2.45) is 11.8 Å². The van der Waals surface area contributed by atoms with Crippen LogP contribution in [0, 0.1) is 11.8 Å². The normalized spacial score (nSPS) is 26.6. The van der Waals surface area contributed by atoms with Crippen LogP contribution in [0.1, 0.15) is 33.1 Å². The molecule has 0 aromatic rings. The van der Waals surface area contributed by atoms with E-state index < -0.39 is 5.97 Å². The minimum Gasteiger partial charge on any atom is -0.481 e. The second-order valence-corrected chi connectivity index (χ2v) is 5.84. The lowest BCUT2D eigenvalue weighted by Gasteiger charge is -2.25.